The zero-order valence-corrected chi connectivity index (χ0v) is 18.2. The maximum atomic E-state index is 12.9. The van der Waals surface area contributed by atoms with Crippen LogP contribution < -0.4 is 9.04 Å². The molecule has 0 amide bonds. The van der Waals surface area contributed by atoms with E-state index in [4.69, 9.17) is 9.84 Å². The standard InChI is InChI=1S/C22H29NO5S/c1-5-12-29(26,27)23(14-16(2)3)20-13-17(4)6-11-21(20)28-15-18-7-9-19(10-8-18)22(24)25/h6-11,13,16H,5,12,14-15H2,1-4H3,(H,24,25). The number of hydrogen-bond acceptors (Lipinski definition) is 4. The van der Waals surface area contributed by atoms with Crippen LogP contribution in [0.4, 0.5) is 5.69 Å². The van der Waals surface area contributed by atoms with Crippen LogP contribution in [0.1, 0.15) is 48.7 Å². The van der Waals surface area contributed by atoms with Gasteiger partial charge in [-0.1, -0.05) is 39.0 Å². The van der Waals surface area contributed by atoms with Gasteiger partial charge in [0.15, 0.2) is 0 Å². The molecule has 0 bridgehead atoms. The molecule has 1 N–H and O–H groups in total. The number of aryl methyl sites for hydroxylation is 1. The SMILES string of the molecule is CCCS(=O)(=O)N(CC(C)C)c1cc(C)ccc1OCc1ccc(C(=O)O)cc1. The van der Waals surface area contributed by atoms with E-state index in [0.717, 1.165) is 11.1 Å². The van der Waals surface area contributed by atoms with Gasteiger partial charge < -0.3 is 9.84 Å². The molecule has 158 valence electrons. The fraction of sp³-hybridized carbons (Fsp3) is 0.409. The quantitative estimate of drug-likeness (QED) is 0.614. The molecule has 0 aliphatic heterocycles. The van der Waals surface area contributed by atoms with Gasteiger partial charge in [-0.15, -0.1) is 0 Å². The molecule has 6 nitrogen and oxygen atoms in total. The molecular weight excluding hydrogens is 390 g/mol. The highest BCUT2D eigenvalue weighted by molar-refractivity contribution is 7.92. The van der Waals surface area contributed by atoms with Gasteiger partial charge in [-0.05, 0) is 54.7 Å². The molecule has 0 heterocycles. The fourth-order valence-corrected chi connectivity index (χ4v) is 4.61. The van der Waals surface area contributed by atoms with Crippen molar-refractivity contribution in [2.24, 2.45) is 5.92 Å². The lowest BCUT2D eigenvalue weighted by atomic mass is 10.1. The number of carboxylic acids is 1. The van der Waals surface area contributed by atoms with Crippen LogP contribution in [0.3, 0.4) is 0 Å². The summed E-state index contributed by atoms with van der Waals surface area (Å²) < 4.78 is 33.3. The Hall–Kier alpha value is -2.54. The van der Waals surface area contributed by atoms with Crippen LogP contribution in [-0.2, 0) is 16.6 Å². The van der Waals surface area contributed by atoms with Crippen LogP contribution in [0.25, 0.3) is 0 Å². The molecular formula is C22H29NO5S. The van der Waals surface area contributed by atoms with E-state index in [-0.39, 0.29) is 23.8 Å². The van der Waals surface area contributed by atoms with Gasteiger partial charge in [-0.25, -0.2) is 13.2 Å². The Bertz CT molecular complexity index is 936. The largest absolute Gasteiger partial charge is 0.487 e. The van der Waals surface area contributed by atoms with Gasteiger partial charge in [0, 0.05) is 6.54 Å². The highest BCUT2D eigenvalue weighted by atomic mass is 32.2. The van der Waals surface area contributed by atoms with Crippen LogP contribution in [0.2, 0.25) is 0 Å². The van der Waals surface area contributed by atoms with E-state index < -0.39 is 16.0 Å². The lowest BCUT2D eigenvalue weighted by molar-refractivity contribution is 0.0697. The minimum Gasteiger partial charge on any atom is -0.487 e. The lowest BCUT2D eigenvalue weighted by Gasteiger charge is -2.28. The van der Waals surface area contributed by atoms with Crippen molar-refractivity contribution in [3.05, 3.63) is 59.2 Å². The van der Waals surface area contributed by atoms with Crippen LogP contribution in [0.15, 0.2) is 42.5 Å². The summed E-state index contributed by atoms with van der Waals surface area (Å²) in [5, 5.41) is 9.01. The normalized spacial score (nSPS) is 11.5. The molecule has 0 aliphatic carbocycles. The molecule has 2 rings (SSSR count). The minimum absolute atomic E-state index is 0.0732. The maximum absolute atomic E-state index is 12.9. The summed E-state index contributed by atoms with van der Waals surface area (Å²) in [5.41, 5.74) is 2.49. The third-order valence-corrected chi connectivity index (χ3v) is 6.25. The number of carbonyl (C=O) groups is 1. The third kappa shape index (κ3) is 6.22. The van der Waals surface area contributed by atoms with Crippen molar-refractivity contribution < 1.29 is 23.1 Å². The van der Waals surface area contributed by atoms with Gasteiger partial charge in [-0.2, -0.15) is 0 Å². The Balaban J connectivity index is 2.34. The van der Waals surface area contributed by atoms with Gasteiger partial charge in [0.25, 0.3) is 0 Å². The predicted octanol–water partition coefficient (Wildman–Crippen LogP) is 4.47. The lowest BCUT2D eigenvalue weighted by Crippen LogP contribution is -2.36. The molecule has 0 aromatic heterocycles. The second-order valence-corrected chi connectivity index (χ2v) is 9.52. The molecule has 0 aliphatic rings. The molecule has 0 saturated heterocycles. The second-order valence-electron chi connectivity index (χ2n) is 7.50. The van der Waals surface area contributed by atoms with Gasteiger partial charge in [0.2, 0.25) is 10.0 Å². The number of carboxylic acid groups (broad SMARTS) is 1. The van der Waals surface area contributed by atoms with Crippen LogP contribution in [-0.4, -0.2) is 31.8 Å². The summed E-state index contributed by atoms with van der Waals surface area (Å²) in [5.74, 6) is -0.274. The first-order valence-corrected chi connectivity index (χ1v) is 11.3. The zero-order valence-electron chi connectivity index (χ0n) is 17.4. The number of nitrogens with zero attached hydrogens (tertiary/aromatic N) is 1. The van der Waals surface area contributed by atoms with Crippen LogP contribution in [0.5, 0.6) is 5.75 Å². The Kier molecular flexibility index (Phi) is 7.67. The van der Waals surface area contributed by atoms with E-state index in [1.54, 1.807) is 18.2 Å². The molecule has 0 saturated carbocycles. The maximum Gasteiger partial charge on any atom is 0.335 e. The van der Waals surface area contributed by atoms with Gasteiger partial charge in [-0.3, -0.25) is 4.31 Å². The summed E-state index contributed by atoms with van der Waals surface area (Å²) in [6, 6.07) is 11.9. The predicted molar refractivity (Wildman–Crippen MR) is 115 cm³/mol. The Morgan fingerprint density at radius 3 is 2.34 bits per heavy atom. The number of sulfonamides is 1. The number of aromatic carboxylic acids is 1. The van der Waals surface area contributed by atoms with E-state index in [0.29, 0.717) is 24.4 Å². The monoisotopic (exact) mass is 419 g/mol. The van der Waals surface area contributed by atoms with Crippen molar-refractivity contribution in [2.75, 3.05) is 16.6 Å². The molecule has 29 heavy (non-hydrogen) atoms. The number of ether oxygens (including phenoxy) is 1. The third-order valence-electron chi connectivity index (χ3n) is 4.31. The summed E-state index contributed by atoms with van der Waals surface area (Å²) in [6.45, 7) is 8.30. The molecule has 0 atom stereocenters. The smallest absolute Gasteiger partial charge is 0.335 e. The number of benzene rings is 2. The first kappa shape index (κ1) is 22.7. The summed E-state index contributed by atoms with van der Waals surface area (Å²) in [7, 11) is -3.47. The van der Waals surface area contributed by atoms with Crippen molar-refractivity contribution >= 4 is 21.7 Å². The Labute approximate surface area is 173 Å². The topological polar surface area (TPSA) is 83.9 Å². The van der Waals surface area contributed by atoms with Crippen LogP contribution >= 0.6 is 0 Å². The van der Waals surface area contributed by atoms with Crippen LogP contribution in [0, 0.1) is 12.8 Å². The molecule has 0 radical (unpaired) electrons. The molecule has 0 unspecified atom stereocenters. The number of anilines is 1. The average molecular weight is 420 g/mol. The average Bonchev–Trinajstić information content (AvgIpc) is 2.65. The summed E-state index contributed by atoms with van der Waals surface area (Å²) in [6.07, 6.45) is 0.537. The van der Waals surface area contributed by atoms with Crippen molar-refractivity contribution in [1.29, 1.82) is 0 Å². The summed E-state index contributed by atoms with van der Waals surface area (Å²) >= 11 is 0. The first-order valence-electron chi connectivity index (χ1n) is 9.70. The fourth-order valence-electron chi connectivity index (χ4n) is 2.91. The molecule has 0 spiro atoms. The minimum atomic E-state index is -3.47. The zero-order chi connectivity index (χ0) is 21.6. The van der Waals surface area contributed by atoms with E-state index in [1.807, 2.05) is 39.8 Å². The molecule has 2 aromatic carbocycles. The van der Waals surface area contributed by atoms with Gasteiger partial charge in [0.05, 0.1) is 17.0 Å². The van der Waals surface area contributed by atoms with Gasteiger partial charge >= 0.3 is 5.97 Å². The first-order chi connectivity index (χ1) is 13.6. The Morgan fingerprint density at radius 1 is 1.14 bits per heavy atom. The molecule has 2 aromatic rings. The highest BCUT2D eigenvalue weighted by Gasteiger charge is 2.25. The summed E-state index contributed by atoms with van der Waals surface area (Å²) in [4.78, 5) is 11.0. The Morgan fingerprint density at radius 2 is 1.79 bits per heavy atom. The highest BCUT2D eigenvalue weighted by Crippen LogP contribution is 2.33. The van der Waals surface area contributed by atoms with Crippen molar-refractivity contribution in [1.82, 2.24) is 0 Å². The van der Waals surface area contributed by atoms with E-state index in [2.05, 4.69) is 0 Å². The van der Waals surface area contributed by atoms with E-state index in [1.165, 1.54) is 16.4 Å². The van der Waals surface area contributed by atoms with Crippen molar-refractivity contribution in [2.45, 2.75) is 40.7 Å². The van der Waals surface area contributed by atoms with Crippen molar-refractivity contribution in [3.63, 3.8) is 0 Å². The van der Waals surface area contributed by atoms with Gasteiger partial charge in [0.1, 0.15) is 12.4 Å². The number of rotatable bonds is 10. The van der Waals surface area contributed by atoms with Crippen molar-refractivity contribution in [3.8, 4) is 5.75 Å². The molecule has 0 fully saturated rings. The molecule has 7 heteroatoms. The second kappa shape index (κ2) is 9.78. The van der Waals surface area contributed by atoms with E-state index in [9.17, 15) is 13.2 Å². The van der Waals surface area contributed by atoms with E-state index >= 15 is 0 Å². The number of hydrogen-bond donors (Lipinski definition) is 1.